The highest BCUT2D eigenvalue weighted by Crippen LogP contribution is 2.24. The normalized spacial score (nSPS) is 19.9. The molecule has 1 rings (SSSR count). The number of unbranched alkanes of at least 4 members (excludes halogenated alkanes) is 39. The SMILES string of the molecule is CCCCCCCCCCC/C=C\CCCCCCCCC(O)C(=O)NC(COC1OC(CO)C(O)C(O)C1O)C(O)C(O)CCC/C=C/CCCCCCCCCCCCCCCCCCCCCCCCC. The van der Waals surface area contributed by atoms with Gasteiger partial charge in [-0.15, -0.1) is 0 Å². The average Bonchev–Trinajstić information content (AvgIpc) is 3.40. The van der Waals surface area contributed by atoms with Gasteiger partial charge in [0.15, 0.2) is 6.29 Å². The maximum Gasteiger partial charge on any atom is 0.249 e. The smallest absolute Gasteiger partial charge is 0.249 e. The number of amides is 1. The second-order valence-corrected chi connectivity index (χ2v) is 22.5. The monoisotopic (exact) mass is 1050 g/mol. The quantitative estimate of drug-likeness (QED) is 0.0215. The molecule has 438 valence electrons. The summed E-state index contributed by atoms with van der Waals surface area (Å²) >= 11 is 0. The summed E-state index contributed by atoms with van der Waals surface area (Å²) in [4.78, 5) is 13.2. The van der Waals surface area contributed by atoms with Crippen LogP contribution in [-0.2, 0) is 14.3 Å². The molecule has 9 atom stereocenters. The maximum atomic E-state index is 13.2. The van der Waals surface area contributed by atoms with E-state index in [4.69, 9.17) is 9.47 Å². The topological polar surface area (TPSA) is 189 Å². The summed E-state index contributed by atoms with van der Waals surface area (Å²) in [6.07, 6.45) is 52.5. The number of nitrogens with one attached hydrogen (secondary N) is 1. The van der Waals surface area contributed by atoms with E-state index >= 15 is 0 Å². The van der Waals surface area contributed by atoms with E-state index in [1.807, 2.05) is 0 Å². The van der Waals surface area contributed by atoms with Crippen molar-refractivity contribution in [1.82, 2.24) is 5.32 Å². The lowest BCUT2D eigenvalue weighted by molar-refractivity contribution is -0.303. The molecular formula is C63H121NO10. The van der Waals surface area contributed by atoms with Crippen molar-refractivity contribution in [3.8, 4) is 0 Å². The maximum absolute atomic E-state index is 13.2. The lowest BCUT2D eigenvalue weighted by Crippen LogP contribution is -2.60. The van der Waals surface area contributed by atoms with Crippen molar-refractivity contribution < 1.29 is 50.0 Å². The first-order chi connectivity index (χ1) is 36.2. The third-order valence-electron chi connectivity index (χ3n) is 15.5. The van der Waals surface area contributed by atoms with Crippen LogP contribution in [-0.4, -0.2) is 110 Å². The zero-order valence-corrected chi connectivity index (χ0v) is 48.1. The van der Waals surface area contributed by atoms with Crippen LogP contribution in [0.15, 0.2) is 24.3 Å². The Kier molecular flexibility index (Phi) is 49.9. The number of allylic oxidation sites excluding steroid dienone is 4. The minimum Gasteiger partial charge on any atom is -0.394 e. The van der Waals surface area contributed by atoms with Gasteiger partial charge in [-0.1, -0.05) is 263 Å². The first-order valence-electron chi connectivity index (χ1n) is 31.7. The number of hydrogen-bond acceptors (Lipinski definition) is 10. The lowest BCUT2D eigenvalue weighted by Gasteiger charge is -2.40. The average molecular weight is 1050 g/mol. The van der Waals surface area contributed by atoms with Crippen LogP contribution in [0.1, 0.15) is 303 Å². The molecule has 11 heteroatoms. The number of carbonyl (C=O) groups excluding carboxylic acids is 1. The molecule has 0 aromatic rings. The van der Waals surface area contributed by atoms with Gasteiger partial charge in [-0.3, -0.25) is 4.79 Å². The van der Waals surface area contributed by atoms with Gasteiger partial charge in [0, 0.05) is 0 Å². The van der Waals surface area contributed by atoms with Gasteiger partial charge < -0.3 is 50.5 Å². The zero-order chi connectivity index (χ0) is 54.0. The molecule has 11 nitrogen and oxygen atoms in total. The van der Waals surface area contributed by atoms with Gasteiger partial charge in [-0.05, 0) is 64.2 Å². The molecule has 0 aliphatic carbocycles. The number of rotatable bonds is 55. The lowest BCUT2D eigenvalue weighted by atomic mass is 9.98. The van der Waals surface area contributed by atoms with Gasteiger partial charge in [0.2, 0.25) is 5.91 Å². The number of hydrogen-bond donors (Lipinski definition) is 8. The Morgan fingerprint density at radius 1 is 0.459 bits per heavy atom. The summed E-state index contributed by atoms with van der Waals surface area (Å²) in [7, 11) is 0. The molecule has 1 saturated heterocycles. The highest BCUT2D eigenvalue weighted by atomic mass is 16.7. The molecule has 1 aliphatic heterocycles. The third kappa shape index (κ3) is 39.9. The van der Waals surface area contributed by atoms with E-state index in [2.05, 4.69) is 43.5 Å². The van der Waals surface area contributed by atoms with Crippen LogP contribution in [0.2, 0.25) is 0 Å². The minimum absolute atomic E-state index is 0.248. The molecule has 9 unspecified atom stereocenters. The fourth-order valence-electron chi connectivity index (χ4n) is 10.3. The van der Waals surface area contributed by atoms with Crippen LogP contribution in [0, 0.1) is 0 Å². The Morgan fingerprint density at radius 2 is 0.797 bits per heavy atom. The summed E-state index contributed by atoms with van der Waals surface area (Å²) in [6.45, 7) is 3.48. The molecule has 0 spiro atoms. The fraction of sp³-hybridized carbons (Fsp3) is 0.921. The summed E-state index contributed by atoms with van der Waals surface area (Å²) < 4.78 is 11.2. The fourth-order valence-corrected chi connectivity index (χ4v) is 10.3. The molecule has 0 aromatic heterocycles. The van der Waals surface area contributed by atoms with Crippen molar-refractivity contribution >= 4 is 5.91 Å². The summed E-state index contributed by atoms with van der Waals surface area (Å²) in [5.41, 5.74) is 0. The van der Waals surface area contributed by atoms with E-state index < -0.39 is 74.2 Å². The van der Waals surface area contributed by atoms with E-state index in [1.54, 1.807) is 0 Å². The van der Waals surface area contributed by atoms with E-state index in [-0.39, 0.29) is 12.8 Å². The van der Waals surface area contributed by atoms with Crippen molar-refractivity contribution in [2.45, 2.75) is 358 Å². The Morgan fingerprint density at radius 3 is 1.16 bits per heavy atom. The molecule has 1 amide bonds. The highest BCUT2D eigenvalue weighted by molar-refractivity contribution is 5.80. The molecule has 0 bridgehead atoms. The predicted molar refractivity (Wildman–Crippen MR) is 307 cm³/mol. The Hall–Kier alpha value is -1.41. The van der Waals surface area contributed by atoms with Gasteiger partial charge in [-0.25, -0.2) is 0 Å². The Labute approximate surface area is 454 Å². The van der Waals surface area contributed by atoms with E-state index in [0.29, 0.717) is 12.8 Å². The largest absolute Gasteiger partial charge is 0.394 e. The molecule has 1 aliphatic rings. The summed E-state index contributed by atoms with van der Waals surface area (Å²) in [5.74, 6) is -0.707. The van der Waals surface area contributed by atoms with E-state index in [9.17, 15) is 40.5 Å². The standard InChI is InChI=1S/C63H121NO10/c1-3-5-7-9-11-13-15-17-19-21-23-24-25-26-27-28-29-30-31-33-34-36-38-40-42-44-46-48-50-55(66)58(68)54(53-73-63-61(71)60(70)59(69)57(52-65)74-63)64-62(72)56(67)51-49-47-45-43-41-39-37-35-32-22-20-18-16-14-12-10-8-6-4-2/h32,35,42,44,54-61,63,65-71H,3-31,33-34,36-41,43,45-53H2,1-2H3,(H,64,72)/b35-32-,44-42+. The van der Waals surface area contributed by atoms with Crippen molar-refractivity contribution in [1.29, 1.82) is 0 Å². The molecule has 0 aromatic carbocycles. The number of aliphatic hydroxyl groups excluding tert-OH is 7. The van der Waals surface area contributed by atoms with Crippen LogP contribution in [0.25, 0.3) is 0 Å². The minimum atomic E-state index is -1.67. The predicted octanol–water partition coefficient (Wildman–Crippen LogP) is 14.1. The number of aliphatic hydroxyl groups is 7. The van der Waals surface area contributed by atoms with Crippen molar-refractivity contribution in [2.75, 3.05) is 13.2 Å². The molecule has 8 N–H and O–H groups in total. The van der Waals surface area contributed by atoms with Gasteiger partial charge in [0.25, 0.3) is 0 Å². The van der Waals surface area contributed by atoms with Crippen molar-refractivity contribution in [2.24, 2.45) is 0 Å². The van der Waals surface area contributed by atoms with Crippen molar-refractivity contribution in [3.05, 3.63) is 24.3 Å². The van der Waals surface area contributed by atoms with Crippen molar-refractivity contribution in [3.63, 3.8) is 0 Å². The zero-order valence-electron chi connectivity index (χ0n) is 48.1. The van der Waals surface area contributed by atoms with Gasteiger partial charge in [0.1, 0.15) is 36.6 Å². The number of carbonyl (C=O) groups is 1. The van der Waals surface area contributed by atoms with Gasteiger partial charge in [-0.2, -0.15) is 0 Å². The highest BCUT2D eigenvalue weighted by Gasteiger charge is 2.44. The summed E-state index contributed by atoms with van der Waals surface area (Å²) in [6, 6.07) is -1.19. The molecule has 1 fully saturated rings. The molecule has 74 heavy (non-hydrogen) atoms. The van der Waals surface area contributed by atoms with Crippen LogP contribution in [0.3, 0.4) is 0 Å². The van der Waals surface area contributed by atoms with Gasteiger partial charge >= 0.3 is 0 Å². The molecule has 1 heterocycles. The number of ether oxygens (including phenoxy) is 2. The summed E-state index contributed by atoms with van der Waals surface area (Å²) in [5, 5.41) is 76.3. The third-order valence-corrected chi connectivity index (χ3v) is 15.5. The van der Waals surface area contributed by atoms with Crippen LogP contribution in [0.5, 0.6) is 0 Å². The molecule has 0 saturated carbocycles. The molecule has 0 radical (unpaired) electrons. The van der Waals surface area contributed by atoms with Crippen LogP contribution in [0.4, 0.5) is 0 Å². The van der Waals surface area contributed by atoms with E-state index in [0.717, 1.165) is 57.8 Å². The Balaban J connectivity index is 2.27. The van der Waals surface area contributed by atoms with Crippen LogP contribution >= 0.6 is 0 Å². The second-order valence-electron chi connectivity index (χ2n) is 22.5. The Bertz CT molecular complexity index is 1250. The first kappa shape index (κ1) is 70.6. The van der Waals surface area contributed by atoms with E-state index in [1.165, 1.54) is 205 Å². The van der Waals surface area contributed by atoms with Crippen LogP contribution < -0.4 is 5.32 Å². The molecular weight excluding hydrogens is 931 g/mol. The van der Waals surface area contributed by atoms with Gasteiger partial charge in [0.05, 0.1) is 25.4 Å². The second kappa shape index (κ2) is 52.3. The first-order valence-corrected chi connectivity index (χ1v) is 31.7.